The van der Waals surface area contributed by atoms with Crippen molar-refractivity contribution in [3.63, 3.8) is 0 Å². The number of carbonyl (C=O) groups is 1. The van der Waals surface area contributed by atoms with Gasteiger partial charge in [-0.25, -0.2) is 4.79 Å². The van der Waals surface area contributed by atoms with E-state index in [-0.39, 0.29) is 6.03 Å². The van der Waals surface area contributed by atoms with Crippen LogP contribution in [0.15, 0.2) is 59.3 Å². The van der Waals surface area contributed by atoms with Crippen molar-refractivity contribution in [1.82, 2.24) is 5.32 Å². The number of amides is 2. The number of rotatable bonds is 5. The van der Waals surface area contributed by atoms with Gasteiger partial charge in [0.1, 0.15) is 6.10 Å². The summed E-state index contributed by atoms with van der Waals surface area (Å²) in [6.45, 7) is 0.430. The first-order valence-electron chi connectivity index (χ1n) is 7.11. The number of thiophene rings is 2. The predicted octanol–water partition coefficient (Wildman–Crippen LogP) is 4.21. The van der Waals surface area contributed by atoms with Crippen molar-refractivity contribution < 1.29 is 9.90 Å². The van der Waals surface area contributed by atoms with Crippen LogP contribution < -0.4 is 10.6 Å². The summed E-state index contributed by atoms with van der Waals surface area (Å²) in [4.78, 5) is 13.7. The van der Waals surface area contributed by atoms with Gasteiger partial charge >= 0.3 is 6.03 Å². The van der Waals surface area contributed by atoms with Crippen molar-refractivity contribution in [3.8, 4) is 0 Å². The van der Waals surface area contributed by atoms with Crippen molar-refractivity contribution in [2.24, 2.45) is 0 Å². The maximum Gasteiger partial charge on any atom is 0.319 e. The molecule has 3 aromatic rings. The third-order valence-corrected chi connectivity index (χ3v) is 5.10. The van der Waals surface area contributed by atoms with Gasteiger partial charge in [-0.3, -0.25) is 0 Å². The van der Waals surface area contributed by atoms with E-state index < -0.39 is 6.10 Å². The van der Waals surface area contributed by atoms with Gasteiger partial charge in [0.15, 0.2) is 0 Å². The molecule has 6 heteroatoms. The zero-order chi connectivity index (χ0) is 16.1. The van der Waals surface area contributed by atoms with Gasteiger partial charge in [-0.15, -0.1) is 11.3 Å². The molecule has 0 radical (unpaired) electrons. The molecule has 0 spiro atoms. The summed E-state index contributed by atoms with van der Waals surface area (Å²) in [6, 6.07) is 14.8. The fraction of sp³-hybridized carbons (Fsp3) is 0.118. The Bertz CT molecular complexity index is 754. The Morgan fingerprint density at radius 2 is 1.96 bits per heavy atom. The van der Waals surface area contributed by atoms with Gasteiger partial charge in [-0.05, 0) is 46.7 Å². The highest BCUT2D eigenvalue weighted by molar-refractivity contribution is 7.12. The van der Waals surface area contributed by atoms with E-state index in [0.717, 1.165) is 21.0 Å². The highest BCUT2D eigenvalue weighted by Gasteiger charge is 2.13. The molecule has 3 N–H and O–H groups in total. The Balaban J connectivity index is 1.54. The lowest BCUT2D eigenvalue weighted by molar-refractivity contribution is 0.224. The highest BCUT2D eigenvalue weighted by atomic mass is 32.1. The van der Waals surface area contributed by atoms with Gasteiger partial charge in [0, 0.05) is 15.4 Å². The number of hydrogen-bond acceptors (Lipinski definition) is 4. The van der Waals surface area contributed by atoms with Crippen molar-refractivity contribution >= 4 is 34.4 Å². The molecule has 0 saturated heterocycles. The third kappa shape index (κ3) is 4.19. The number of nitrogens with one attached hydrogen (secondary N) is 2. The van der Waals surface area contributed by atoms with Crippen LogP contribution in [0.2, 0.25) is 0 Å². The van der Waals surface area contributed by atoms with Crippen molar-refractivity contribution in [2.45, 2.75) is 12.6 Å². The fourth-order valence-electron chi connectivity index (χ4n) is 2.10. The van der Waals surface area contributed by atoms with Gasteiger partial charge in [0.25, 0.3) is 0 Å². The lowest BCUT2D eigenvalue weighted by atomic mass is 10.2. The molecule has 1 atom stereocenters. The van der Waals surface area contributed by atoms with E-state index in [0.29, 0.717) is 6.54 Å². The third-order valence-electron chi connectivity index (χ3n) is 3.27. The number of carbonyl (C=O) groups excluding carboxylic acids is 1. The molecule has 0 aliphatic heterocycles. The molecule has 0 saturated carbocycles. The molecule has 0 unspecified atom stereocenters. The molecule has 2 aromatic heterocycles. The number of para-hydroxylation sites is 1. The van der Waals surface area contributed by atoms with E-state index in [1.807, 2.05) is 59.3 Å². The summed E-state index contributed by atoms with van der Waals surface area (Å²) in [5.41, 5.74) is 1.66. The van der Waals surface area contributed by atoms with Crippen LogP contribution in [0.25, 0.3) is 0 Å². The maximum absolute atomic E-state index is 11.8. The standard InChI is InChI=1S/C17H16N2O2S2/c20-16(12-8-9-22-11-12)15-7-6-14(23-15)10-18-17(21)19-13-4-2-1-3-5-13/h1-9,11,16,20H,10H2,(H2,18,19,21)/t16-/m1/s1. The number of benzene rings is 1. The fourth-order valence-corrected chi connectivity index (χ4v) is 3.74. The summed E-state index contributed by atoms with van der Waals surface area (Å²) in [5.74, 6) is 0. The van der Waals surface area contributed by atoms with Crippen LogP contribution in [0, 0.1) is 0 Å². The topological polar surface area (TPSA) is 61.4 Å². The predicted molar refractivity (Wildman–Crippen MR) is 95.0 cm³/mol. The summed E-state index contributed by atoms with van der Waals surface area (Å²) < 4.78 is 0. The second-order valence-corrected chi connectivity index (χ2v) is 6.92. The summed E-state index contributed by atoms with van der Waals surface area (Å²) in [5, 5.41) is 19.8. The van der Waals surface area contributed by atoms with E-state index in [1.165, 1.54) is 11.3 Å². The second kappa shape index (κ2) is 7.41. The Morgan fingerprint density at radius 3 is 2.70 bits per heavy atom. The lowest BCUT2D eigenvalue weighted by Crippen LogP contribution is -2.27. The molecule has 23 heavy (non-hydrogen) atoms. The highest BCUT2D eigenvalue weighted by Crippen LogP contribution is 2.29. The minimum absolute atomic E-state index is 0.246. The van der Waals surface area contributed by atoms with Gasteiger partial charge in [0.05, 0.1) is 6.54 Å². The Kier molecular flexibility index (Phi) is 5.07. The van der Waals surface area contributed by atoms with Crippen LogP contribution in [0.5, 0.6) is 0 Å². The molecule has 2 heterocycles. The monoisotopic (exact) mass is 344 g/mol. The first kappa shape index (κ1) is 15.7. The number of aliphatic hydroxyl groups is 1. The Labute approximate surface area is 142 Å². The van der Waals surface area contributed by atoms with Crippen LogP contribution in [-0.4, -0.2) is 11.1 Å². The molecule has 1 aromatic carbocycles. The van der Waals surface area contributed by atoms with Crippen LogP contribution in [-0.2, 0) is 6.54 Å². The van der Waals surface area contributed by atoms with E-state index in [9.17, 15) is 9.90 Å². The normalized spacial score (nSPS) is 11.9. The summed E-state index contributed by atoms with van der Waals surface area (Å²) >= 11 is 3.06. The average Bonchev–Trinajstić information content (AvgIpc) is 3.25. The largest absolute Gasteiger partial charge is 0.383 e. The number of hydrogen-bond donors (Lipinski definition) is 3. The zero-order valence-electron chi connectivity index (χ0n) is 12.2. The molecule has 2 amide bonds. The molecule has 118 valence electrons. The molecule has 4 nitrogen and oxygen atoms in total. The van der Waals surface area contributed by atoms with Gasteiger partial charge in [-0.1, -0.05) is 18.2 Å². The van der Waals surface area contributed by atoms with Crippen molar-refractivity contribution in [2.75, 3.05) is 5.32 Å². The molecular formula is C17H16N2O2S2. The van der Waals surface area contributed by atoms with E-state index in [1.54, 1.807) is 11.3 Å². The first-order chi connectivity index (χ1) is 11.2. The van der Waals surface area contributed by atoms with Gasteiger partial charge in [-0.2, -0.15) is 11.3 Å². The molecule has 0 aliphatic carbocycles. The number of aliphatic hydroxyl groups excluding tert-OH is 1. The molecule has 0 aliphatic rings. The summed E-state index contributed by atoms with van der Waals surface area (Å²) in [6.07, 6.45) is -0.599. The molecule has 0 fully saturated rings. The molecule has 3 rings (SSSR count). The van der Waals surface area contributed by atoms with Gasteiger partial charge < -0.3 is 15.7 Å². The van der Waals surface area contributed by atoms with E-state index in [4.69, 9.17) is 0 Å². The average molecular weight is 344 g/mol. The van der Waals surface area contributed by atoms with Crippen LogP contribution in [0.1, 0.15) is 21.4 Å². The van der Waals surface area contributed by atoms with Gasteiger partial charge in [0.2, 0.25) is 0 Å². The SMILES string of the molecule is O=C(NCc1ccc([C@H](O)c2ccsc2)s1)Nc1ccccc1. The van der Waals surface area contributed by atoms with E-state index >= 15 is 0 Å². The van der Waals surface area contributed by atoms with Crippen LogP contribution in [0.3, 0.4) is 0 Å². The first-order valence-corrected chi connectivity index (χ1v) is 8.87. The quantitative estimate of drug-likeness (QED) is 0.649. The minimum atomic E-state index is -0.599. The molecular weight excluding hydrogens is 328 g/mol. The van der Waals surface area contributed by atoms with Crippen molar-refractivity contribution in [3.05, 3.63) is 74.6 Å². The summed E-state index contributed by atoms with van der Waals surface area (Å²) in [7, 11) is 0. The number of urea groups is 1. The minimum Gasteiger partial charge on any atom is -0.383 e. The van der Waals surface area contributed by atoms with E-state index in [2.05, 4.69) is 10.6 Å². The molecule has 0 bridgehead atoms. The zero-order valence-corrected chi connectivity index (χ0v) is 13.9. The van der Waals surface area contributed by atoms with Crippen LogP contribution in [0.4, 0.5) is 10.5 Å². The maximum atomic E-state index is 11.8. The second-order valence-electron chi connectivity index (χ2n) is 4.94. The van der Waals surface area contributed by atoms with Crippen LogP contribution >= 0.6 is 22.7 Å². The smallest absolute Gasteiger partial charge is 0.319 e. The number of anilines is 1. The van der Waals surface area contributed by atoms with Crippen molar-refractivity contribution in [1.29, 1.82) is 0 Å². The lowest BCUT2D eigenvalue weighted by Gasteiger charge is -2.07. The Morgan fingerprint density at radius 1 is 1.13 bits per heavy atom. The Hall–Kier alpha value is -2.15.